The van der Waals surface area contributed by atoms with Gasteiger partial charge in [0.05, 0.1) is 24.5 Å². The lowest BCUT2D eigenvalue weighted by Crippen LogP contribution is -2.43. The van der Waals surface area contributed by atoms with Crippen LogP contribution >= 0.6 is 0 Å². The van der Waals surface area contributed by atoms with Gasteiger partial charge in [0, 0.05) is 18.8 Å². The number of aliphatic hydroxyl groups is 1. The lowest BCUT2D eigenvalue weighted by molar-refractivity contribution is 0.0602. The minimum absolute atomic E-state index is 0.0454. The Morgan fingerprint density at radius 2 is 2.25 bits per heavy atom. The highest BCUT2D eigenvalue weighted by atomic mass is 19.1. The summed E-state index contributed by atoms with van der Waals surface area (Å²) in [7, 11) is 1.25. The number of carbonyl (C=O) groups excluding carboxylic acids is 1. The molecule has 6 heteroatoms. The number of methoxy groups -OCH3 is 1. The normalized spacial score (nSPS) is 22.7. The number of nitrogens with zero attached hydrogens (tertiary/aromatic N) is 1. The van der Waals surface area contributed by atoms with Crippen molar-refractivity contribution in [1.29, 1.82) is 0 Å². The van der Waals surface area contributed by atoms with Crippen molar-refractivity contribution in [1.82, 2.24) is 0 Å². The number of nitrogen functional groups attached to an aromatic ring is 1. The summed E-state index contributed by atoms with van der Waals surface area (Å²) in [6.07, 6.45) is 0.251. The maximum atomic E-state index is 14.1. The second-order valence-electron chi connectivity index (χ2n) is 5.16. The van der Waals surface area contributed by atoms with E-state index in [0.717, 1.165) is 12.5 Å². The van der Waals surface area contributed by atoms with Gasteiger partial charge >= 0.3 is 5.97 Å². The van der Waals surface area contributed by atoms with Crippen LogP contribution < -0.4 is 10.6 Å². The summed E-state index contributed by atoms with van der Waals surface area (Å²) in [6, 6.07) is 2.51. The van der Waals surface area contributed by atoms with Crippen LogP contribution in [-0.2, 0) is 4.74 Å². The van der Waals surface area contributed by atoms with E-state index in [1.54, 1.807) is 4.90 Å². The number of anilines is 2. The minimum Gasteiger partial charge on any atom is -0.465 e. The Kier molecular flexibility index (Phi) is 4.13. The Morgan fingerprint density at radius 1 is 1.55 bits per heavy atom. The third-order valence-electron chi connectivity index (χ3n) is 3.78. The summed E-state index contributed by atoms with van der Waals surface area (Å²) >= 11 is 0. The second kappa shape index (κ2) is 5.66. The zero-order valence-electron chi connectivity index (χ0n) is 11.6. The largest absolute Gasteiger partial charge is 0.465 e. The van der Waals surface area contributed by atoms with E-state index in [-0.39, 0.29) is 22.9 Å². The fourth-order valence-electron chi connectivity index (χ4n) is 2.37. The van der Waals surface area contributed by atoms with Crippen LogP contribution in [0.5, 0.6) is 0 Å². The van der Waals surface area contributed by atoms with E-state index >= 15 is 0 Å². The fraction of sp³-hybridized carbons (Fsp3) is 0.500. The van der Waals surface area contributed by atoms with E-state index in [4.69, 9.17) is 5.73 Å². The molecule has 1 saturated heterocycles. The first-order valence-electron chi connectivity index (χ1n) is 6.54. The van der Waals surface area contributed by atoms with Gasteiger partial charge in [-0.25, -0.2) is 9.18 Å². The molecule has 1 aromatic rings. The number of piperidine rings is 1. The number of carbonyl (C=O) groups is 1. The van der Waals surface area contributed by atoms with E-state index < -0.39 is 17.9 Å². The molecule has 1 aromatic carbocycles. The van der Waals surface area contributed by atoms with Gasteiger partial charge < -0.3 is 20.5 Å². The lowest BCUT2D eigenvalue weighted by atomic mass is 9.95. The molecule has 0 spiro atoms. The predicted molar refractivity (Wildman–Crippen MR) is 74.2 cm³/mol. The standard InChI is InChI=1S/C14H19FN2O3/c1-8-3-4-17(7-13(8)18)12-5-9(14(19)20-2)11(16)6-10(12)15/h5-6,8,13,18H,3-4,7,16H2,1-2H3. The Balaban J connectivity index is 2.34. The fourth-order valence-corrected chi connectivity index (χ4v) is 2.37. The first kappa shape index (κ1) is 14.6. The maximum absolute atomic E-state index is 14.1. The van der Waals surface area contributed by atoms with Crippen molar-refractivity contribution in [3.63, 3.8) is 0 Å². The van der Waals surface area contributed by atoms with E-state index in [0.29, 0.717) is 13.1 Å². The Hall–Kier alpha value is -1.82. The van der Waals surface area contributed by atoms with Crippen molar-refractivity contribution in [2.45, 2.75) is 19.4 Å². The summed E-state index contributed by atoms with van der Waals surface area (Å²) in [5, 5.41) is 9.90. The molecular formula is C14H19FN2O3. The van der Waals surface area contributed by atoms with Gasteiger partial charge in [0.1, 0.15) is 5.82 Å². The van der Waals surface area contributed by atoms with Crippen LogP contribution in [0.2, 0.25) is 0 Å². The van der Waals surface area contributed by atoms with Gasteiger partial charge in [-0.1, -0.05) is 6.92 Å². The van der Waals surface area contributed by atoms with Crippen molar-refractivity contribution in [2.24, 2.45) is 5.92 Å². The first-order chi connectivity index (χ1) is 9.43. The molecule has 1 fully saturated rings. The molecule has 2 unspecified atom stereocenters. The molecule has 0 amide bonds. The molecule has 5 nitrogen and oxygen atoms in total. The van der Waals surface area contributed by atoms with Crippen molar-refractivity contribution >= 4 is 17.3 Å². The average Bonchev–Trinajstić information content (AvgIpc) is 2.41. The van der Waals surface area contributed by atoms with Crippen LogP contribution in [0.4, 0.5) is 15.8 Å². The van der Waals surface area contributed by atoms with E-state index in [1.165, 1.54) is 13.2 Å². The molecule has 0 aromatic heterocycles. The van der Waals surface area contributed by atoms with Crippen LogP contribution in [0, 0.1) is 11.7 Å². The number of hydrogen-bond donors (Lipinski definition) is 2. The molecule has 2 atom stereocenters. The van der Waals surface area contributed by atoms with Gasteiger partial charge in [-0.3, -0.25) is 0 Å². The highest BCUT2D eigenvalue weighted by molar-refractivity contribution is 5.96. The molecule has 110 valence electrons. The molecule has 1 aliphatic heterocycles. The SMILES string of the molecule is COC(=O)c1cc(N2CCC(C)C(O)C2)c(F)cc1N. The molecule has 0 radical (unpaired) electrons. The van der Waals surface area contributed by atoms with Gasteiger partial charge in [-0.2, -0.15) is 0 Å². The van der Waals surface area contributed by atoms with Gasteiger partial charge in [0.25, 0.3) is 0 Å². The number of β-amino-alcohol motifs (C(OH)–C–C–N with tert-alkyl or cyclic N) is 1. The molecular weight excluding hydrogens is 263 g/mol. The van der Waals surface area contributed by atoms with Crippen molar-refractivity contribution in [2.75, 3.05) is 30.8 Å². The molecule has 3 N–H and O–H groups in total. The number of esters is 1. The van der Waals surface area contributed by atoms with Crippen LogP contribution in [0.25, 0.3) is 0 Å². The molecule has 0 bridgehead atoms. The Bertz CT molecular complexity index is 521. The summed E-state index contributed by atoms with van der Waals surface area (Å²) < 4.78 is 18.7. The number of nitrogens with two attached hydrogens (primary N) is 1. The Labute approximate surface area is 117 Å². The highest BCUT2D eigenvalue weighted by Crippen LogP contribution is 2.29. The molecule has 0 aliphatic carbocycles. The van der Waals surface area contributed by atoms with Gasteiger partial charge in [-0.15, -0.1) is 0 Å². The van der Waals surface area contributed by atoms with Gasteiger partial charge in [0.2, 0.25) is 0 Å². The number of halogens is 1. The van der Waals surface area contributed by atoms with E-state index in [1.807, 2.05) is 6.92 Å². The smallest absolute Gasteiger partial charge is 0.340 e. The maximum Gasteiger partial charge on any atom is 0.340 e. The van der Waals surface area contributed by atoms with Crippen LogP contribution in [0.1, 0.15) is 23.7 Å². The quantitative estimate of drug-likeness (QED) is 0.633. The third-order valence-corrected chi connectivity index (χ3v) is 3.78. The predicted octanol–water partition coefficient (Wildman–Crippen LogP) is 1.40. The topological polar surface area (TPSA) is 75.8 Å². The number of aliphatic hydroxyl groups excluding tert-OH is 1. The highest BCUT2D eigenvalue weighted by Gasteiger charge is 2.27. The summed E-state index contributed by atoms with van der Waals surface area (Å²) in [4.78, 5) is 13.3. The number of benzene rings is 1. The molecule has 0 saturated carbocycles. The van der Waals surface area contributed by atoms with Crippen molar-refractivity contribution < 1.29 is 19.0 Å². The average molecular weight is 282 g/mol. The van der Waals surface area contributed by atoms with E-state index in [2.05, 4.69) is 4.74 Å². The van der Waals surface area contributed by atoms with Crippen molar-refractivity contribution in [3.05, 3.63) is 23.5 Å². The number of ether oxygens (including phenoxy) is 1. The summed E-state index contributed by atoms with van der Waals surface area (Å²) in [5.41, 5.74) is 6.09. The number of rotatable bonds is 2. The minimum atomic E-state index is -0.602. The monoisotopic (exact) mass is 282 g/mol. The second-order valence-corrected chi connectivity index (χ2v) is 5.16. The lowest BCUT2D eigenvalue weighted by Gasteiger charge is -2.36. The van der Waals surface area contributed by atoms with Crippen LogP contribution in [0.15, 0.2) is 12.1 Å². The zero-order chi connectivity index (χ0) is 14.9. The molecule has 20 heavy (non-hydrogen) atoms. The molecule has 2 rings (SSSR count). The summed E-state index contributed by atoms with van der Waals surface area (Å²) in [5.74, 6) is -0.922. The van der Waals surface area contributed by atoms with Crippen LogP contribution in [-0.4, -0.2) is 37.4 Å². The Morgan fingerprint density at radius 3 is 2.85 bits per heavy atom. The van der Waals surface area contributed by atoms with E-state index in [9.17, 15) is 14.3 Å². The van der Waals surface area contributed by atoms with Crippen LogP contribution in [0.3, 0.4) is 0 Å². The van der Waals surface area contributed by atoms with Crippen molar-refractivity contribution in [3.8, 4) is 0 Å². The number of hydrogen-bond acceptors (Lipinski definition) is 5. The zero-order valence-corrected chi connectivity index (χ0v) is 11.6. The summed E-state index contributed by atoms with van der Waals surface area (Å²) in [6.45, 7) is 2.92. The molecule has 1 heterocycles. The first-order valence-corrected chi connectivity index (χ1v) is 6.54. The van der Waals surface area contributed by atoms with Gasteiger partial charge in [-0.05, 0) is 24.5 Å². The third kappa shape index (κ3) is 2.70. The molecule has 1 aliphatic rings. The van der Waals surface area contributed by atoms with Gasteiger partial charge in [0.15, 0.2) is 0 Å².